The highest BCUT2D eigenvalue weighted by molar-refractivity contribution is 6.01. The van der Waals surface area contributed by atoms with Crippen LogP contribution in [0.3, 0.4) is 0 Å². The number of likely N-dealkylation sites (N-methyl/N-ethyl adjacent to an activating group) is 1. The Morgan fingerprint density at radius 1 is 1.27 bits per heavy atom. The number of rotatable bonds is 9. The first-order valence-corrected chi connectivity index (χ1v) is 10.1. The molecule has 1 fully saturated rings. The average Bonchev–Trinajstić information content (AvgIpc) is 3.55. The number of nitro benzene ring substituents is 1. The lowest BCUT2D eigenvalue weighted by Crippen LogP contribution is -2.32. The molecule has 1 aliphatic rings. The summed E-state index contributed by atoms with van der Waals surface area (Å²) in [5.41, 5.74) is -2.68. The number of benzene rings is 1. The van der Waals surface area contributed by atoms with E-state index in [4.69, 9.17) is 14.2 Å². The zero-order chi connectivity index (χ0) is 24.8. The van der Waals surface area contributed by atoms with Crippen molar-refractivity contribution in [2.45, 2.75) is 39.2 Å². The van der Waals surface area contributed by atoms with Gasteiger partial charge in [-0.25, -0.2) is 9.59 Å². The first kappa shape index (κ1) is 25.1. The minimum atomic E-state index is -1.49. The van der Waals surface area contributed by atoms with Gasteiger partial charge in [-0.3, -0.25) is 14.9 Å². The number of aromatic hydroxyl groups is 1. The van der Waals surface area contributed by atoms with Crippen molar-refractivity contribution >= 4 is 29.8 Å². The summed E-state index contributed by atoms with van der Waals surface area (Å²) in [6.45, 7) is 5.79. The average molecular weight is 461 g/mol. The van der Waals surface area contributed by atoms with E-state index in [1.54, 1.807) is 26.8 Å². The largest absolute Gasteiger partial charge is 0.515 e. The second-order valence-corrected chi connectivity index (χ2v) is 6.96. The maximum Gasteiger partial charge on any atom is 0.515 e. The molecule has 1 amide bonds. The van der Waals surface area contributed by atoms with Crippen molar-refractivity contribution in [3.8, 4) is 17.6 Å². The van der Waals surface area contributed by atoms with Crippen LogP contribution in [-0.2, 0) is 19.1 Å². The molecule has 0 saturated heterocycles. The van der Waals surface area contributed by atoms with Gasteiger partial charge in [-0.1, -0.05) is 0 Å². The van der Waals surface area contributed by atoms with Gasteiger partial charge in [0.15, 0.2) is 5.75 Å². The topological polar surface area (TPSA) is 169 Å². The lowest BCUT2D eigenvalue weighted by molar-refractivity contribution is -0.385. The van der Waals surface area contributed by atoms with E-state index in [1.807, 2.05) is 0 Å². The third-order valence-corrected chi connectivity index (χ3v) is 4.81. The molecule has 12 heteroatoms. The number of hydrogen-bond acceptors (Lipinski definition) is 10. The molecule has 1 aromatic rings. The van der Waals surface area contributed by atoms with Crippen molar-refractivity contribution in [2.75, 3.05) is 19.7 Å². The van der Waals surface area contributed by atoms with Crippen molar-refractivity contribution in [1.29, 1.82) is 5.26 Å². The van der Waals surface area contributed by atoms with Crippen LogP contribution in [0.4, 0.5) is 10.5 Å². The molecule has 0 radical (unpaired) electrons. The van der Waals surface area contributed by atoms with Crippen LogP contribution in [0, 0.1) is 21.4 Å². The quantitative estimate of drug-likeness (QED) is 0.144. The summed E-state index contributed by atoms with van der Waals surface area (Å²) in [6, 6.07) is 3.69. The monoisotopic (exact) mass is 461 g/mol. The zero-order valence-corrected chi connectivity index (χ0v) is 18.3. The van der Waals surface area contributed by atoms with Gasteiger partial charge in [-0.2, -0.15) is 5.26 Å². The van der Waals surface area contributed by atoms with Gasteiger partial charge in [0, 0.05) is 32.0 Å². The molecule has 0 aromatic heterocycles. The Bertz CT molecular complexity index is 1030. The van der Waals surface area contributed by atoms with Gasteiger partial charge in [-0.15, -0.1) is 0 Å². The van der Waals surface area contributed by atoms with E-state index in [1.165, 1.54) is 4.90 Å². The minimum absolute atomic E-state index is 0.0501. The van der Waals surface area contributed by atoms with Crippen LogP contribution < -0.4 is 4.74 Å². The zero-order valence-electron chi connectivity index (χ0n) is 18.3. The van der Waals surface area contributed by atoms with Gasteiger partial charge in [0.25, 0.3) is 5.91 Å². The maximum absolute atomic E-state index is 12.5. The summed E-state index contributed by atoms with van der Waals surface area (Å²) in [7, 11) is 0. The standard InChI is InChI=1S/C21H23N3O9/c1-4-23(5-2)18(26)14(12-22)9-13-10-15(24(29)30)17(25)16(11-13)32-20(28)33-21(7-8-21)19(27)31-6-3/h9-11,25H,4-8H2,1-3H3/b14-9+. The van der Waals surface area contributed by atoms with Crippen LogP contribution >= 0.6 is 0 Å². The molecular formula is C21H23N3O9. The number of hydrogen-bond donors (Lipinski definition) is 1. The number of amides is 1. The number of nitro groups is 1. The molecule has 0 spiro atoms. The summed E-state index contributed by atoms with van der Waals surface area (Å²) in [4.78, 5) is 48.4. The van der Waals surface area contributed by atoms with E-state index in [9.17, 15) is 34.9 Å². The van der Waals surface area contributed by atoms with E-state index >= 15 is 0 Å². The Kier molecular flexibility index (Phi) is 7.95. The van der Waals surface area contributed by atoms with Crippen molar-refractivity contribution < 1.29 is 38.6 Å². The number of carbonyl (C=O) groups is 3. The molecular weight excluding hydrogens is 438 g/mol. The van der Waals surface area contributed by atoms with Crippen molar-refractivity contribution in [2.24, 2.45) is 0 Å². The molecule has 176 valence electrons. The van der Waals surface area contributed by atoms with Crippen LogP contribution in [0.25, 0.3) is 6.08 Å². The second kappa shape index (κ2) is 10.4. The molecule has 0 aliphatic heterocycles. The van der Waals surface area contributed by atoms with Gasteiger partial charge in [0.1, 0.15) is 11.6 Å². The smallest absolute Gasteiger partial charge is 0.499 e. The Balaban J connectivity index is 2.37. The highest BCUT2D eigenvalue weighted by Gasteiger charge is 2.56. The summed E-state index contributed by atoms with van der Waals surface area (Å²) in [5, 5.41) is 30.9. The van der Waals surface area contributed by atoms with Crippen molar-refractivity contribution in [3.05, 3.63) is 33.4 Å². The number of carbonyl (C=O) groups excluding carboxylic acids is 3. The minimum Gasteiger partial charge on any atom is -0.499 e. The third kappa shape index (κ3) is 5.76. The van der Waals surface area contributed by atoms with Crippen molar-refractivity contribution in [3.63, 3.8) is 0 Å². The van der Waals surface area contributed by atoms with Crippen LogP contribution in [0.2, 0.25) is 0 Å². The molecule has 2 rings (SSSR count). The van der Waals surface area contributed by atoms with Crippen LogP contribution in [0.5, 0.6) is 11.5 Å². The molecule has 12 nitrogen and oxygen atoms in total. The Morgan fingerprint density at radius 3 is 2.39 bits per heavy atom. The summed E-state index contributed by atoms with van der Waals surface area (Å²) in [6.07, 6.45) is 0.127. The molecule has 0 heterocycles. The number of nitrogens with zero attached hydrogens (tertiary/aromatic N) is 3. The molecule has 0 bridgehead atoms. The number of phenols is 1. The molecule has 1 saturated carbocycles. The molecule has 0 unspecified atom stereocenters. The SMILES string of the molecule is CCOC(=O)C1(OC(=O)Oc2cc(/C=C(\C#N)C(=O)N(CC)CC)cc([N+](=O)[O-])c2O)CC1. The van der Waals surface area contributed by atoms with E-state index in [2.05, 4.69) is 0 Å². The molecule has 1 aliphatic carbocycles. The molecule has 33 heavy (non-hydrogen) atoms. The van der Waals surface area contributed by atoms with Gasteiger partial charge < -0.3 is 24.2 Å². The predicted octanol–water partition coefficient (Wildman–Crippen LogP) is 2.69. The van der Waals surface area contributed by atoms with E-state index in [0.717, 1.165) is 18.2 Å². The fourth-order valence-electron chi connectivity index (χ4n) is 2.90. The lowest BCUT2D eigenvalue weighted by atomic mass is 10.1. The highest BCUT2D eigenvalue weighted by Crippen LogP contribution is 2.42. The van der Waals surface area contributed by atoms with Gasteiger partial charge in [0.2, 0.25) is 11.4 Å². The first-order chi connectivity index (χ1) is 15.6. The number of nitriles is 1. The predicted molar refractivity (Wildman–Crippen MR) is 112 cm³/mol. The van der Waals surface area contributed by atoms with E-state index in [-0.39, 0.29) is 30.6 Å². The number of ether oxygens (including phenoxy) is 3. The van der Waals surface area contributed by atoms with E-state index in [0.29, 0.717) is 13.1 Å². The fraction of sp³-hybridized carbons (Fsp3) is 0.429. The van der Waals surface area contributed by atoms with Crippen molar-refractivity contribution in [1.82, 2.24) is 4.90 Å². The van der Waals surface area contributed by atoms with Gasteiger partial charge in [0.05, 0.1) is 11.5 Å². The summed E-state index contributed by atoms with van der Waals surface area (Å²) >= 11 is 0. The number of esters is 1. The second-order valence-electron chi connectivity index (χ2n) is 6.96. The van der Waals surface area contributed by atoms with E-state index < -0.39 is 45.7 Å². The molecule has 1 N–H and O–H groups in total. The van der Waals surface area contributed by atoms with Crippen LogP contribution in [0.1, 0.15) is 39.2 Å². The maximum atomic E-state index is 12.5. The summed E-state index contributed by atoms with van der Waals surface area (Å²) < 4.78 is 14.8. The third-order valence-electron chi connectivity index (χ3n) is 4.81. The Hall–Kier alpha value is -4.14. The van der Waals surface area contributed by atoms with Gasteiger partial charge >= 0.3 is 17.8 Å². The fourth-order valence-corrected chi connectivity index (χ4v) is 2.90. The Morgan fingerprint density at radius 2 is 1.91 bits per heavy atom. The first-order valence-electron chi connectivity index (χ1n) is 10.1. The lowest BCUT2D eigenvalue weighted by Gasteiger charge is -2.17. The Labute approximate surface area is 189 Å². The normalized spacial score (nSPS) is 13.9. The van der Waals surface area contributed by atoms with Gasteiger partial charge in [-0.05, 0) is 38.5 Å². The number of phenolic OH excluding ortho intramolecular Hbond substituents is 1. The molecule has 1 aromatic carbocycles. The molecule has 0 atom stereocenters. The summed E-state index contributed by atoms with van der Waals surface area (Å²) in [5.74, 6) is -2.95. The highest BCUT2D eigenvalue weighted by atomic mass is 16.7. The van der Waals surface area contributed by atoms with Crippen LogP contribution in [-0.4, -0.2) is 58.3 Å². The van der Waals surface area contributed by atoms with Crippen LogP contribution in [0.15, 0.2) is 17.7 Å².